The fourth-order valence-corrected chi connectivity index (χ4v) is 2.46. The van der Waals surface area contributed by atoms with E-state index in [1.165, 1.54) is 6.20 Å². The van der Waals surface area contributed by atoms with Crippen molar-refractivity contribution < 1.29 is 9.53 Å². The number of anilines is 1. The predicted molar refractivity (Wildman–Crippen MR) is 88.1 cm³/mol. The Bertz CT molecular complexity index is 719. The standard InChI is InChI=1S/C16H20N6O2/c1-11-6-19-13(7-18-11)16(23)22-5-4-12(10-22)24-15-9-17-8-14(20-15)21(2)3/h6-9,12H,4-5,10H2,1-3H3/t12-/m1/s1. The van der Waals surface area contributed by atoms with Crippen molar-refractivity contribution in [3.63, 3.8) is 0 Å². The van der Waals surface area contributed by atoms with Crippen LogP contribution >= 0.6 is 0 Å². The van der Waals surface area contributed by atoms with Gasteiger partial charge in [0.15, 0.2) is 5.82 Å². The topological polar surface area (TPSA) is 84.3 Å². The first kappa shape index (κ1) is 16.1. The summed E-state index contributed by atoms with van der Waals surface area (Å²) in [5.74, 6) is 1.07. The van der Waals surface area contributed by atoms with Crippen molar-refractivity contribution in [2.24, 2.45) is 0 Å². The van der Waals surface area contributed by atoms with Crippen LogP contribution in [-0.2, 0) is 0 Å². The molecule has 126 valence electrons. The molecule has 24 heavy (non-hydrogen) atoms. The minimum atomic E-state index is -0.123. The van der Waals surface area contributed by atoms with Crippen LogP contribution in [0.25, 0.3) is 0 Å². The first-order chi connectivity index (χ1) is 11.5. The third-order valence-electron chi connectivity index (χ3n) is 3.78. The summed E-state index contributed by atoms with van der Waals surface area (Å²) in [5.41, 5.74) is 1.14. The second-order valence-corrected chi connectivity index (χ2v) is 5.93. The molecule has 0 aromatic carbocycles. The van der Waals surface area contributed by atoms with Gasteiger partial charge in [0.2, 0.25) is 5.88 Å². The Kier molecular flexibility index (Phi) is 4.54. The Hall–Kier alpha value is -2.77. The molecule has 0 unspecified atom stereocenters. The second-order valence-electron chi connectivity index (χ2n) is 5.93. The number of nitrogens with zero attached hydrogens (tertiary/aromatic N) is 6. The zero-order valence-electron chi connectivity index (χ0n) is 14.0. The molecule has 1 aliphatic heterocycles. The molecule has 8 heteroatoms. The first-order valence-corrected chi connectivity index (χ1v) is 7.77. The number of likely N-dealkylation sites (tertiary alicyclic amines) is 1. The van der Waals surface area contributed by atoms with E-state index in [9.17, 15) is 4.79 Å². The number of aromatic nitrogens is 4. The van der Waals surface area contributed by atoms with Crippen molar-refractivity contribution in [2.45, 2.75) is 19.4 Å². The molecule has 1 aliphatic rings. The van der Waals surface area contributed by atoms with Crippen LogP contribution in [0.3, 0.4) is 0 Å². The van der Waals surface area contributed by atoms with Crippen LogP contribution in [0.5, 0.6) is 5.88 Å². The quantitative estimate of drug-likeness (QED) is 0.825. The fraction of sp³-hybridized carbons (Fsp3) is 0.438. The lowest BCUT2D eigenvalue weighted by molar-refractivity contribution is 0.0765. The van der Waals surface area contributed by atoms with E-state index in [0.717, 1.165) is 17.9 Å². The van der Waals surface area contributed by atoms with Gasteiger partial charge in [0.25, 0.3) is 5.91 Å². The fourth-order valence-electron chi connectivity index (χ4n) is 2.46. The van der Waals surface area contributed by atoms with Crippen molar-refractivity contribution in [3.05, 3.63) is 36.2 Å². The Balaban J connectivity index is 1.62. The van der Waals surface area contributed by atoms with Gasteiger partial charge in [0.1, 0.15) is 11.8 Å². The number of ether oxygens (including phenoxy) is 1. The molecule has 0 saturated carbocycles. The van der Waals surface area contributed by atoms with Crippen LogP contribution in [0.2, 0.25) is 0 Å². The summed E-state index contributed by atoms with van der Waals surface area (Å²) in [4.78, 5) is 32.8. The van der Waals surface area contributed by atoms with Gasteiger partial charge in [-0.25, -0.2) is 4.98 Å². The molecule has 1 saturated heterocycles. The Labute approximate surface area is 140 Å². The van der Waals surface area contributed by atoms with E-state index >= 15 is 0 Å². The number of hydrogen-bond acceptors (Lipinski definition) is 7. The number of carbonyl (C=O) groups is 1. The predicted octanol–water partition coefficient (Wildman–Crippen LogP) is 0.935. The summed E-state index contributed by atoms with van der Waals surface area (Å²) in [6, 6.07) is 0. The van der Waals surface area contributed by atoms with E-state index in [2.05, 4.69) is 19.9 Å². The van der Waals surface area contributed by atoms with Crippen LogP contribution in [0.4, 0.5) is 5.82 Å². The van der Waals surface area contributed by atoms with Gasteiger partial charge in [0.05, 0.1) is 30.8 Å². The van der Waals surface area contributed by atoms with Crippen LogP contribution in [0, 0.1) is 6.92 Å². The van der Waals surface area contributed by atoms with E-state index in [0.29, 0.717) is 24.7 Å². The van der Waals surface area contributed by atoms with Crippen molar-refractivity contribution in [3.8, 4) is 5.88 Å². The molecule has 1 fully saturated rings. The highest BCUT2D eigenvalue weighted by molar-refractivity contribution is 5.92. The highest BCUT2D eigenvalue weighted by atomic mass is 16.5. The average Bonchev–Trinajstić information content (AvgIpc) is 3.03. The third-order valence-corrected chi connectivity index (χ3v) is 3.78. The van der Waals surface area contributed by atoms with E-state index in [1.807, 2.05) is 25.9 Å². The van der Waals surface area contributed by atoms with Gasteiger partial charge in [-0.2, -0.15) is 4.98 Å². The molecule has 2 aromatic rings. The molecule has 3 rings (SSSR count). The van der Waals surface area contributed by atoms with Crippen LogP contribution in [0.15, 0.2) is 24.8 Å². The van der Waals surface area contributed by atoms with Crippen molar-refractivity contribution in [2.75, 3.05) is 32.1 Å². The van der Waals surface area contributed by atoms with Crippen molar-refractivity contribution >= 4 is 11.7 Å². The number of hydrogen-bond donors (Lipinski definition) is 0. The van der Waals surface area contributed by atoms with Crippen LogP contribution in [0.1, 0.15) is 22.6 Å². The molecule has 0 radical (unpaired) electrons. The number of aryl methyl sites for hydroxylation is 1. The van der Waals surface area contributed by atoms with Gasteiger partial charge in [-0.05, 0) is 6.92 Å². The van der Waals surface area contributed by atoms with Gasteiger partial charge in [0, 0.05) is 33.3 Å². The van der Waals surface area contributed by atoms with E-state index in [4.69, 9.17) is 4.74 Å². The molecule has 0 bridgehead atoms. The monoisotopic (exact) mass is 328 g/mol. The van der Waals surface area contributed by atoms with Crippen molar-refractivity contribution in [1.29, 1.82) is 0 Å². The Morgan fingerprint density at radius 1 is 1.25 bits per heavy atom. The largest absolute Gasteiger partial charge is 0.471 e. The highest BCUT2D eigenvalue weighted by Gasteiger charge is 2.29. The minimum Gasteiger partial charge on any atom is -0.471 e. The molecule has 3 heterocycles. The van der Waals surface area contributed by atoms with E-state index < -0.39 is 0 Å². The highest BCUT2D eigenvalue weighted by Crippen LogP contribution is 2.19. The molecule has 1 atom stereocenters. The molecular weight excluding hydrogens is 308 g/mol. The molecule has 0 spiro atoms. The van der Waals surface area contributed by atoms with Gasteiger partial charge in [-0.3, -0.25) is 14.8 Å². The third kappa shape index (κ3) is 3.58. The van der Waals surface area contributed by atoms with Gasteiger partial charge < -0.3 is 14.5 Å². The zero-order valence-corrected chi connectivity index (χ0v) is 14.0. The summed E-state index contributed by atoms with van der Waals surface area (Å²) < 4.78 is 5.87. The molecule has 0 aliphatic carbocycles. The maximum Gasteiger partial charge on any atom is 0.274 e. The lowest BCUT2D eigenvalue weighted by Crippen LogP contribution is -2.31. The van der Waals surface area contributed by atoms with Crippen molar-refractivity contribution in [1.82, 2.24) is 24.8 Å². The minimum absolute atomic E-state index is 0.0981. The number of rotatable bonds is 4. The van der Waals surface area contributed by atoms with Gasteiger partial charge >= 0.3 is 0 Å². The normalized spacial score (nSPS) is 17.0. The summed E-state index contributed by atoms with van der Waals surface area (Å²) in [5, 5.41) is 0. The summed E-state index contributed by atoms with van der Waals surface area (Å²) in [6.45, 7) is 2.96. The number of amides is 1. The second kappa shape index (κ2) is 6.77. The lowest BCUT2D eigenvalue weighted by atomic mass is 10.3. The average molecular weight is 328 g/mol. The molecular formula is C16H20N6O2. The number of carbonyl (C=O) groups excluding carboxylic acids is 1. The van der Waals surface area contributed by atoms with Crippen LogP contribution in [-0.4, -0.2) is 64.0 Å². The molecule has 8 nitrogen and oxygen atoms in total. The summed E-state index contributed by atoms with van der Waals surface area (Å²) >= 11 is 0. The maximum absolute atomic E-state index is 12.4. The SMILES string of the molecule is Cc1cnc(C(=O)N2CC[C@@H](Oc3cncc(N(C)C)n3)C2)cn1. The Morgan fingerprint density at radius 2 is 2.08 bits per heavy atom. The molecule has 0 N–H and O–H groups in total. The summed E-state index contributed by atoms with van der Waals surface area (Å²) in [6.07, 6.45) is 7.02. The molecule has 2 aromatic heterocycles. The maximum atomic E-state index is 12.4. The Morgan fingerprint density at radius 3 is 2.79 bits per heavy atom. The zero-order chi connectivity index (χ0) is 17.1. The van der Waals surface area contributed by atoms with Crippen LogP contribution < -0.4 is 9.64 Å². The van der Waals surface area contributed by atoms with E-state index in [-0.39, 0.29) is 12.0 Å². The first-order valence-electron chi connectivity index (χ1n) is 7.77. The smallest absolute Gasteiger partial charge is 0.274 e. The summed E-state index contributed by atoms with van der Waals surface area (Å²) in [7, 11) is 3.79. The lowest BCUT2D eigenvalue weighted by Gasteiger charge is -2.17. The van der Waals surface area contributed by atoms with E-state index in [1.54, 1.807) is 23.5 Å². The molecule has 1 amide bonds. The van der Waals surface area contributed by atoms with Gasteiger partial charge in [-0.15, -0.1) is 0 Å². The van der Waals surface area contributed by atoms with Gasteiger partial charge in [-0.1, -0.05) is 0 Å².